The standard InChI is InChI=1S/C20H31NO2/c1-11-6-7-15-16-8-12-9-20(15,23)19(21(11)16)10-17(22)13-4-2-3-5-14(13)18(12)19/h11-18,22-23H,2-10H2,1H3/t11-,12?,13+,14+,15+,16+,17?,18-,19-,20+/m0/s1. The minimum Gasteiger partial charge on any atom is -0.393 e. The summed E-state index contributed by atoms with van der Waals surface area (Å²) < 4.78 is 0. The maximum atomic E-state index is 12.0. The van der Waals surface area contributed by atoms with Crippen molar-refractivity contribution in [2.75, 3.05) is 0 Å². The van der Waals surface area contributed by atoms with Gasteiger partial charge in [0.1, 0.15) is 0 Å². The van der Waals surface area contributed by atoms with Crippen LogP contribution >= 0.6 is 0 Å². The first-order valence-corrected chi connectivity index (χ1v) is 10.3. The van der Waals surface area contributed by atoms with E-state index < -0.39 is 5.60 Å². The fraction of sp³-hybridized carbons (Fsp3) is 1.00. The highest BCUT2D eigenvalue weighted by Gasteiger charge is 2.82. The fourth-order valence-corrected chi connectivity index (χ4v) is 9.29. The molecule has 4 aliphatic carbocycles. The van der Waals surface area contributed by atoms with E-state index in [9.17, 15) is 10.2 Å². The molecule has 3 aliphatic heterocycles. The van der Waals surface area contributed by atoms with Crippen LogP contribution in [0.2, 0.25) is 0 Å². The van der Waals surface area contributed by atoms with Gasteiger partial charge in [0, 0.05) is 18.0 Å². The molecule has 0 aromatic heterocycles. The van der Waals surface area contributed by atoms with Gasteiger partial charge >= 0.3 is 0 Å². The van der Waals surface area contributed by atoms with Gasteiger partial charge in [-0.15, -0.1) is 0 Å². The molecule has 3 unspecified atom stereocenters. The number of piperidine rings is 2. The summed E-state index contributed by atoms with van der Waals surface area (Å²) in [6.45, 7) is 2.39. The van der Waals surface area contributed by atoms with Crippen molar-refractivity contribution in [1.29, 1.82) is 0 Å². The first-order valence-electron chi connectivity index (χ1n) is 10.3. The highest BCUT2D eigenvalue weighted by Crippen LogP contribution is 2.75. The van der Waals surface area contributed by atoms with Crippen LogP contribution in [0.3, 0.4) is 0 Å². The molecule has 7 aliphatic rings. The number of rotatable bonds is 0. The van der Waals surface area contributed by atoms with Crippen LogP contribution < -0.4 is 0 Å². The predicted octanol–water partition coefficient (Wildman–Crippen LogP) is 2.55. The van der Waals surface area contributed by atoms with Crippen molar-refractivity contribution in [1.82, 2.24) is 4.90 Å². The third-order valence-electron chi connectivity index (χ3n) is 9.54. The third-order valence-corrected chi connectivity index (χ3v) is 9.54. The summed E-state index contributed by atoms with van der Waals surface area (Å²) in [7, 11) is 0. The molecule has 0 aromatic carbocycles. The van der Waals surface area contributed by atoms with E-state index in [1.807, 2.05) is 0 Å². The molecule has 3 heterocycles. The van der Waals surface area contributed by atoms with Gasteiger partial charge in [-0.2, -0.15) is 0 Å². The summed E-state index contributed by atoms with van der Waals surface area (Å²) in [5, 5.41) is 23.0. The van der Waals surface area contributed by atoms with Crippen LogP contribution in [-0.4, -0.2) is 44.4 Å². The molecule has 7 fully saturated rings. The molecule has 23 heavy (non-hydrogen) atoms. The lowest BCUT2D eigenvalue weighted by atomic mass is 9.54. The zero-order chi connectivity index (χ0) is 15.6. The Balaban J connectivity index is 1.54. The van der Waals surface area contributed by atoms with Gasteiger partial charge in [-0.25, -0.2) is 0 Å². The van der Waals surface area contributed by atoms with Gasteiger partial charge in [0.15, 0.2) is 0 Å². The van der Waals surface area contributed by atoms with E-state index in [2.05, 4.69) is 11.8 Å². The molecular formula is C20H31NO2. The molecule has 11 atom stereocenters. The van der Waals surface area contributed by atoms with E-state index in [0.29, 0.717) is 35.8 Å². The molecule has 3 saturated heterocycles. The van der Waals surface area contributed by atoms with Gasteiger partial charge in [0.25, 0.3) is 0 Å². The van der Waals surface area contributed by atoms with E-state index in [-0.39, 0.29) is 11.6 Å². The lowest BCUT2D eigenvalue weighted by Gasteiger charge is -2.61. The SMILES string of the molecule is C[C@H]1CC[C@@H]2[C@H]3CC4C[C@]2(O)[C@@]2(CC(O)[C@@H]5CCCC[C@H]5[C@H]42)N31. The first kappa shape index (κ1) is 14.1. The number of fused-ring (bicyclic) bond motifs is 1. The van der Waals surface area contributed by atoms with Crippen molar-refractivity contribution >= 4 is 0 Å². The Hall–Kier alpha value is -0.120. The fourth-order valence-electron chi connectivity index (χ4n) is 9.29. The van der Waals surface area contributed by atoms with E-state index in [1.54, 1.807) is 0 Å². The van der Waals surface area contributed by atoms with Crippen LogP contribution in [0.5, 0.6) is 0 Å². The quantitative estimate of drug-likeness (QED) is 0.722. The zero-order valence-electron chi connectivity index (χ0n) is 14.3. The largest absolute Gasteiger partial charge is 0.393 e. The summed E-state index contributed by atoms with van der Waals surface area (Å²) in [5.74, 6) is 3.10. The van der Waals surface area contributed by atoms with Gasteiger partial charge in [-0.05, 0) is 75.5 Å². The maximum absolute atomic E-state index is 12.0. The predicted molar refractivity (Wildman–Crippen MR) is 87.8 cm³/mol. The third kappa shape index (κ3) is 1.32. The van der Waals surface area contributed by atoms with Gasteiger partial charge in [0.05, 0.1) is 17.2 Å². The van der Waals surface area contributed by atoms with E-state index in [4.69, 9.17) is 0 Å². The summed E-state index contributed by atoms with van der Waals surface area (Å²) in [6, 6.07) is 1.21. The Morgan fingerprint density at radius 2 is 1.78 bits per heavy atom. The Morgan fingerprint density at radius 1 is 1.00 bits per heavy atom. The zero-order valence-corrected chi connectivity index (χ0v) is 14.3. The Labute approximate surface area is 139 Å². The summed E-state index contributed by atoms with van der Waals surface area (Å²) in [4.78, 5) is 2.78. The van der Waals surface area contributed by atoms with Crippen molar-refractivity contribution in [3.05, 3.63) is 0 Å². The van der Waals surface area contributed by atoms with E-state index in [1.165, 1.54) is 44.9 Å². The van der Waals surface area contributed by atoms with Crippen molar-refractivity contribution in [2.24, 2.45) is 29.6 Å². The van der Waals surface area contributed by atoms with Gasteiger partial charge in [0.2, 0.25) is 0 Å². The first-order chi connectivity index (χ1) is 11.1. The average Bonchev–Trinajstić information content (AvgIpc) is 2.75. The second-order valence-electron chi connectivity index (χ2n) is 9.97. The molecule has 3 heteroatoms. The van der Waals surface area contributed by atoms with Crippen LogP contribution in [-0.2, 0) is 0 Å². The molecule has 3 nitrogen and oxygen atoms in total. The summed E-state index contributed by atoms with van der Waals surface area (Å²) >= 11 is 0. The van der Waals surface area contributed by atoms with Crippen molar-refractivity contribution in [2.45, 2.75) is 94.0 Å². The molecule has 4 saturated carbocycles. The number of hydrogen-bond acceptors (Lipinski definition) is 3. The van der Waals surface area contributed by atoms with E-state index >= 15 is 0 Å². The minimum atomic E-state index is -0.487. The van der Waals surface area contributed by atoms with Gasteiger partial charge in [-0.3, -0.25) is 4.90 Å². The molecule has 6 bridgehead atoms. The number of nitrogens with zero attached hydrogens (tertiary/aromatic N) is 1. The maximum Gasteiger partial charge on any atom is 0.0880 e. The van der Waals surface area contributed by atoms with Crippen LogP contribution in [0.4, 0.5) is 0 Å². The molecule has 0 radical (unpaired) electrons. The Kier molecular flexibility index (Phi) is 2.55. The smallest absolute Gasteiger partial charge is 0.0880 e. The molecule has 0 aromatic rings. The van der Waals surface area contributed by atoms with Crippen LogP contribution in [0.15, 0.2) is 0 Å². The van der Waals surface area contributed by atoms with Gasteiger partial charge < -0.3 is 10.2 Å². The molecule has 7 rings (SSSR count). The lowest BCUT2D eigenvalue weighted by Crippen LogP contribution is -2.69. The van der Waals surface area contributed by atoms with Crippen molar-refractivity contribution in [3.8, 4) is 0 Å². The van der Waals surface area contributed by atoms with Crippen LogP contribution in [0.1, 0.15) is 64.7 Å². The minimum absolute atomic E-state index is 0.0703. The highest BCUT2D eigenvalue weighted by atomic mass is 16.3. The van der Waals surface area contributed by atoms with Crippen molar-refractivity contribution < 1.29 is 10.2 Å². The number of aliphatic hydroxyl groups is 2. The topological polar surface area (TPSA) is 43.7 Å². The van der Waals surface area contributed by atoms with Crippen LogP contribution in [0.25, 0.3) is 0 Å². The van der Waals surface area contributed by atoms with Crippen LogP contribution in [0, 0.1) is 29.6 Å². The summed E-state index contributed by atoms with van der Waals surface area (Å²) in [6.07, 6.45) is 10.7. The molecule has 0 amide bonds. The second kappa shape index (κ2) is 4.16. The normalized spacial score (nSPS) is 68.7. The molecule has 1 spiro atoms. The molecule has 128 valence electrons. The lowest BCUT2D eigenvalue weighted by molar-refractivity contribution is -0.171. The summed E-state index contributed by atoms with van der Waals surface area (Å²) in [5.41, 5.74) is -0.557. The average molecular weight is 317 g/mol. The van der Waals surface area contributed by atoms with Gasteiger partial charge in [-0.1, -0.05) is 12.8 Å². The second-order valence-corrected chi connectivity index (χ2v) is 9.97. The number of aliphatic hydroxyl groups excluding tert-OH is 1. The monoisotopic (exact) mass is 317 g/mol. The Bertz CT molecular complexity index is 552. The van der Waals surface area contributed by atoms with Crippen molar-refractivity contribution in [3.63, 3.8) is 0 Å². The Morgan fingerprint density at radius 3 is 2.61 bits per heavy atom. The number of hydrogen-bond donors (Lipinski definition) is 2. The van der Waals surface area contributed by atoms with E-state index in [0.717, 1.165) is 18.8 Å². The molecule has 2 N–H and O–H groups in total. The highest BCUT2D eigenvalue weighted by molar-refractivity contribution is 5.34. The molecular weight excluding hydrogens is 286 g/mol.